The molecule has 84 valence electrons. The molecule has 4 nitrogen and oxygen atoms in total. The van der Waals surface area contributed by atoms with Crippen LogP contribution in [0.1, 0.15) is 30.1 Å². The minimum absolute atomic E-state index is 0.491. The fourth-order valence-corrected chi connectivity index (χ4v) is 2.30. The van der Waals surface area contributed by atoms with Gasteiger partial charge in [-0.25, -0.2) is 0 Å². The molecular weight excluding hydrogens is 202 g/mol. The van der Waals surface area contributed by atoms with Gasteiger partial charge in [-0.1, -0.05) is 6.07 Å². The second-order valence-corrected chi connectivity index (χ2v) is 4.33. The second-order valence-electron chi connectivity index (χ2n) is 4.33. The molecule has 3 rings (SSSR count). The van der Waals surface area contributed by atoms with Crippen LogP contribution in [0.2, 0.25) is 0 Å². The lowest BCUT2D eigenvalue weighted by molar-refractivity contribution is 0.0834. The van der Waals surface area contributed by atoms with E-state index in [1.54, 1.807) is 0 Å². The summed E-state index contributed by atoms with van der Waals surface area (Å²) in [6, 6.07) is 4.12. The lowest BCUT2D eigenvalue weighted by atomic mass is 9.99. The molecule has 2 aromatic heterocycles. The van der Waals surface area contributed by atoms with E-state index in [1.807, 2.05) is 6.20 Å². The van der Waals surface area contributed by atoms with E-state index in [4.69, 9.17) is 4.74 Å². The van der Waals surface area contributed by atoms with Gasteiger partial charge in [0.15, 0.2) is 5.65 Å². The Balaban J connectivity index is 2.06. The zero-order valence-corrected chi connectivity index (χ0v) is 9.39. The molecule has 1 fully saturated rings. The van der Waals surface area contributed by atoms with Crippen LogP contribution in [0.3, 0.4) is 0 Å². The zero-order valence-electron chi connectivity index (χ0n) is 9.39. The molecule has 0 unspecified atom stereocenters. The first kappa shape index (κ1) is 9.78. The fraction of sp³-hybridized carbons (Fsp3) is 0.500. The zero-order chi connectivity index (χ0) is 11.0. The number of hydrogen-bond acceptors (Lipinski definition) is 3. The van der Waals surface area contributed by atoms with Gasteiger partial charge in [-0.2, -0.15) is 0 Å². The first-order valence-corrected chi connectivity index (χ1v) is 5.74. The van der Waals surface area contributed by atoms with Crippen LogP contribution >= 0.6 is 0 Å². The predicted octanol–water partition coefficient (Wildman–Crippen LogP) is 1.93. The van der Waals surface area contributed by atoms with Crippen LogP contribution in [0, 0.1) is 6.92 Å². The summed E-state index contributed by atoms with van der Waals surface area (Å²) in [4.78, 5) is 0. The van der Waals surface area contributed by atoms with Gasteiger partial charge in [0.1, 0.15) is 5.82 Å². The topological polar surface area (TPSA) is 39.4 Å². The first-order chi connectivity index (χ1) is 7.86. The van der Waals surface area contributed by atoms with E-state index < -0.39 is 0 Å². The quantitative estimate of drug-likeness (QED) is 0.732. The third kappa shape index (κ3) is 1.50. The van der Waals surface area contributed by atoms with Gasteiger partial charge in [0.05, 0.1) is 0 Å². The van der Waals surface area contributed by atoms with Gasteiger partial charge in [0.2, 0.25) is 0 Å². The smallest absolute Gasteiger partial charge is 0.163 e. The van der Waals surface area contributed by atoms with Crippen molar-refractivity contribution in [2.45, 2.75) is 25.7 Å². The molecule has 16 heavy (non-hydrogen) atoms. The molecule has 0 amide bonds. The predicted molar refractivity (Wildman–Crippen MR) is 60.5 cm³/mol. The second kappa shape index (κ2) is 3.87. The third-order valence-electron chi connectivity index (χ3n) is 3.24. The Morgan fingerprint density at radius 1 is 1.31 bits per heavy atom. The van der Waals surface area contributed by atoms with Crippen molar-refractivity contribution in [3.05, 3.63) is 29.7 Å². The minimum atomic E-state index is 0.491. The largest absolute Gasteiger partial charge is 0.381 e. The van der Waals surface area contributed by atoms with Crippen molar-refractivity contribution in [3.63, 3.8) is 0 Å². The van der Waals surface area contributed by atoms with Gasteiger partial charge in [-0.15, -0.1) is 10.2 Å². The maximum atomic E-state index is 5.38. The summed E-state index contributed by atoms with van der Waals surface area (Å²) in [5, 5.41) is 8.60. The third-order valence-corrected chi connectivity index (χ3v) is 3.24. The summed E-state index contributed by atoms with van der Waals surface area (Å²) in [6.45, 7) is 3.74. The van der Waals surface area contributed by atoms with Crippen molar-refractivity contribution in [3.8, 4) is 0 Å². The van der Waals surface area contributed by atoms with Gasteiger partial charge in [0.25, 0.3) is 0 Å². The molecule has 1 saturated heterocycles. The number of pyridine rings is 1. The van der Waals surface area contributed by atoms with Crippen LogP contribution in [0.25, 0.3) is 5.65 Å². The van der Waals surface area contributed by atoms with Gasteiger partial charge in [-0.05, 0) is 31.4 Å². The van der Waals surface area contributed by atoms with Crippen molar-refractivity contribution < 1.29 is 4.74 Å². The maximum Gasteiger partial charge on any atom is 0.163 e. The van der Waals surface area contributed by atoms with E-state index in [2.05, 4.69) is 33.7 Å². The van der Waals surface area contributed by atoms with Crippen molar-refractivity contribution >= 4 is 5.65 Å². The van der Waals surface area contributed by atoms with Crippen LogP contribution in [0.15, 0.2) is 18.3 Å². The van der Waals surface area contributed by atoms with Crippen LogP contribution < -0.4 is 0 Å². The summed E-state index contributed by atoms with van der Waals surface area (Å²) in [7, 11) is 0. The molecule has 0 radical (unpaired) electrons. The highest BCUT2D eigenvalue weighted by atomic mass is 16.5. The molecule has 1 aliphatic rings. The fourth-order valence-electron chi connectivity index (χ4n) is 2.30. The number of ether oxygens (including phenoxy) is 1. The Kier molecular flexibility index (Phi) is 2.36. The van der Waals surface area contributed by atoms with Gasteiger partial charge >= 0.3 is 0 Å². The van der Waals surface area contributed by atoms with E-state index in [0.717, 1.165) is 37.5 Å². The Morgan fingerprint density at radius 2 is 2.12 bits per heavy atom. The molecule has 1 aliphatic heterocycles. The van der Waals surface area contributed by atoms with Gasteiger partial charge < -0.3 is 4.74 Å². The highest BCUT2D eigenvalue weighted by Gasteiger charge is 2.21. The molecule has 2 aromatic rings. The average molecular weight is 217 g/mol. The molecule has 0 saturated carbocycles. The molecule has 4 heteroatoms. The van der Waals surface area contributed by atoms with Gasteiger partial charge in [0, 0.05) is 25.3 Å². The lowest BCUT2D eigenvalue weighted by Crippen LogP contribution is -2.16. The molecule has 0 bridgehead atoms. The van der Waals surface area contributed by atoms with Crippen LogP contribution in [0.4, 0.5) is 0 Å². The summed E-state index contributed by atoms with van der Waals surface area (Å²) >= 11 is 0. The highest BCUT2D eigenvalue weighted by molar-refractivity contribution is 5.46. The summed E-state index contributed by atoms with van der Waals surface area (Å²) < 4.78 is 7.49. The number of aromatic nitrogens is 3. The van der Waals surface area contributed by atoms with E-state index in [-0.39, 0.29) is 0 Å². The van der Waals surface area contributed by atoms with Crippen molar-refractivity contribution in [2.75, 3.05) is 13.2 Å². The first-order valence-electron chi connectivity index (χ1n) is 5.74. The number of fused-ring (bicyclic) bond motifs is 1. The highest BCUT2D eigenvalue weighted by Crippen LogP contribution is 2.26. The number of nitrogens with zero attached hydrogens (tertiary/aromatic N) is 3. The Morgan fingerprint density at radius 3 is 2.94 bits per heavy atom. The molecule has 0 spiro atoms. The molecule has 3 heterocycles. The molecular formula is C12H15N3O. The minimum Gasteiger partial charge on any atom is -0.381 e. The summed E-state index contributed by atoms with van der Waals surface area (Å²) in [5.41, 5.74) is 2.15. The Labute approximate surface area is 94.3 Å². The van der Waals surface area contributed by atoms with Crippen LogP contribution in [-0.4, -0.2) is 27.8 Å². The van der Waals surface area contributed by atoms with Crippen molar-refractivity contribution in [2.24, 2.45) is 0 Å². The lowest BCUT2D eigenvalue weighted by Gasteiger charge is -2.20. The van der Waals surface area contributed by atoms with Crippen molar-refractivity contribution in [1.82, 2.24) is 14.6 Å². The standard InChI is InChI=1S/C12H15N3O/c1-9-3-2-6-15-11(9)13-14-12(15)10-4-7-16-8-5-10/h2-3,6,10H,4-5,7-8H2,1H3. The average Bonchev–Trinajstić information content (AvgIpc) is 2.75. The summed E-state index contributed by atoms with van der Waals surface area (Å²) in [6.07, 6.45) is 4.15. The monoisotopic (exact) mass is 217 g/mol. The molecule has 0 aliphatic carbocycles. The van der Waals surface area contributed by atoms with E-state index >= 15 is 0 Å². The number of rotatable bonds is 1. The SMILES string of the molecule is Cc1cccn2c(C3CCOCC3)nnc12. The van der Waals surface area contributed by atoms with E-state index in [0.29, 0.717) is 5.92 Å². The molecule has 0 aromatic carbocycles. The normalized spacial score (nSPS) is 18.1. The maximum absolute atomic E-state index is 5.38. The molecule has 0 atom stereocenters. The van der Waals surface area contributed by atoms with Crippen LogP contribution in [-0.2, 0) is 4.74 Å². The number of aryl methyl sites for hydroxylation is 1. The molecule has 0 N–H and O–H groups in total. The Hall–Kier alpha value is -1.42. The summed E-state index contributed by atoms with van der Waals surface area (Å²) in [5.74, 6) is 1.58. The Bertz CT molecular complexity index is 500. The van der Waals surface area contributed by atoms with Crippen LogP contribution in [0.5, 0.6) is 0 Å². The van der Waals surface area contributed by atoms with Crippen molar-refractivity contribution in [1.29, 1.82) is 0 Å². The van der Waals surface area contributed by atoms with Gasteiger partial charge in [-0.3, -0.25) is 4.40 Å². The van der Waals surface area contributed by atoms with E-state index in [1.165, 1.54) is 5.56 Å². The number of hydrogen-bond donors (Lipinski definition) is 0. The van der Waals surface area contributed by atoms with E-state index in [9.17, 15) is 0 Å².